The number of nitrogens with zero attached hydrogens (tertiary/aromatic N) is 1. The molecule has 21 heavy (non-hydrogen) atoms. The van der Waals surface area contributed by atoms with E-state index in [-0.39, 0.29) is 23.7 Å². The van der Waals surface area contributed by atoms with E-state index < -0.39 is 0 Å². The van der Waals surface area contributed by atoms with E-state index in [1.807, 2.05) is 0 Å². The molecule has 1 heterocycles. The van der Waals surface area contributed by atoms with Gasteiger partial charge in [-0.05, 0) is 18.2 Å². The van der Waals surface area contributed by atoms with Crippen LogP contribution in [0.15, 0.2) is 40.3 Å². The first-order valence-electron chi connectivity index (χ1n) is 6.18. The largest absolute Gasteiger partial charge is 0.399 e. The quantitative estimate of drug-likeness (QED) is 0.371. The van der Waals surface area contributed by atoms with Crippen LogP contribution in [0.5, 0.6) is 0 Å². The van der Waals surface area contributed by atoms with Crippen molar-refractivity contribution in [3.05, 3.63) is 40.7 Å². The number of anilines is 3. The van der Waals surface area contributed by atoms with Gasteiger partial charge in [0.05, 0.1) is 0 Å². The summed E-state index contributed by atoms with van der Waals surface area (Å²) in [4.78, 5) is 29.5. The summed E-state index contributed by atoms with van der Waals surface area (Å²) in [6.45, 7) is 0. The lowest BCUT2D eigenvalue weighted by molar-refractivity contribution is -0.115. The van der Waals surface area contributed by atoms with E-state index in [0.29, 0.717) is 22.3 Å². The highest BCUT2D eigenvalue weighted by molar-refractivity contribution is 7.99. The van der Waals surface area contributed by atoms with Crippen molar-refractivity contribution in [1.29, 1.82) is 0 Å². The van der Waals surface area contributed by atoms with Crippen LogP contribution in [0.2, 0.25) is 0 Å². The second-order valence-electron chi connectivity index (χ2n) is 4.25. The Labute approximate surface area is 125 Å². The summed E-state index contributed by atoms with van der Waals surface area (Å²) in [6, 6.07) is 8.16. The van der Waals surface area contributed by atoms with Gasteiger partial charge >= 0.3 is 0 Å². The minimum atomic E-state index is -0.311. The van der Waals surface area contributed by atoms with Crippen molar-refractivity contribution in [3.8, 4) is 0 Å². The van der Waals surface area contributed by atoms with Gasteiger partial charge in [-0.3, -0.25) is 9.59 Å². The monoisotopic (exact) mass is 305 g/mol. The Bertz CT molecular complexity index is 701. The summed E-state index contributed by atoms with van der Waals surface area (Å²) in [5, 5.41) is 3.14. The molecule has 6 N–H and O–H groups in total. The van der Waals surface area contributed by atoms with Gasteiger partial charge in [-0.1, -0.05) is 17.8 Å². The Kier molecular flexibility index (Phi) is 4.83. The van der Waals surface area contributed by atoms with E-state index in [4.69, 9.17) is 11.5 Å². The molecule has 110 valence electrons. The van der Waals surface area contributed by atoms with Crippen LogP contribution in [-0.4, -0.2) is 21.6 Å². The predicted molar refractivity (Wildman–Crippen MR) is 84.1 cm³/mol. The van der Waals surface area contributed by atoms with Crippen molar-refractivity contribution in [1.82, 2.24) is 9.97 Å². The van der Waals surface area contributed by atoms with Gasteiger partial charge in [0.1, 0.15) is 5.82 Å². The molecular weight excluding hydrogens is 290 g/mol. The number of nitrogens with one attached hydrogen (secondary N) is 2. The zero-order valence-corrected chi connectivity index (χ0v) is 11.9. The average molecular weight is 305 g/mol. The molecule has 0 unspecified atom stereocenters. The van der Waals surface area contributed by atoms with Gasteiger partial charge in [-0.15, -0.1) is 0 Å². The predicted octanol–water partition coefficient (Wildman–Crippen LogP) is 1.06. The lowest BCUT2D eigenvalue weighted by Crippen LogP contribution is -2.13. The number of nitrogen functional groups attached to an aromatic ring is 2. The molecule has 2 rings (SSSR count). The lowest BCUT2D eigenvalue weighted by atomic mass is 10.3. The normalized spacial score (nSPS) is 10.3. The van der Waals surface area contributed by atoms with Crippen LogP contribution >= 0.6 is 11.8 Å². The van der Waals surface area contributed by atoms with Gasteiger partial charge < -0.3 is 21.8 Å². The van der Waals surface area contributed by atoms with Gasteiger partial charge in [0.15, 0.2) is 5.16 Å². The van der Waals surface area contributed by atoms with Crippen LogP contribution in [0, 0.1) is 0 Å². The van der Waals surface area contributed by atoms with Crippen LogP contribution in [0.1, 0.15) is 6.42 Å². The van der Waals surface area contributed by atoms with Crippen LogP contribution in [0.4, 0.5) is 17.2 Å². The third-order valence-electron chi connectivity index (χ3n) is 2.48. The highest BCUT2D eigenvalue weighted by Gasteiger charge is 2.05. The number of aromatic amines is 1. The second-order valence-corrected chi connectivity index (χ2v) is 5.33. The van der Waals surface area contributed by atoms with Crippen molar-refractivity contribution in [2.45, 2.75) is 11.6 Å². The molecule has 0 aliphatic carbocycles. The Morgan fingerprint density at radius 1 is 1.33 bits per heavy atom. The standard InChI is InChI=1S/C13H15N5O2S/c14-8-2-1-3-9(6-8)16-11(19)4-5-21-13-17-10(15)7-12(20)18-13/h1-3,6-7H,4-5,14H2,(H,16,19)(H3,15,17,18,20). The van der Waals surface area contributed by atoms with E-state index in [9.17, 15) is 9.59 Å². The van der Waals surface area contributed by atoms with E-state index >= 15 is 0 Å². The van der Waals surface area contributed by atoms with Gasteiger partial charge in [-0.2, -0.15) is 0 Å². The third kappa shape index (κ3) is 4.84. The number of rotatable bonds is 5. The molecule has 2 aromatic rings. The molecule has 1 amide bonds. The highest BCUT2D eigenvalue weighted by atomic mass is 32.2. The number of benzene rings is 1. The van der Waals surface area contributed by atoms with Crippen LogP contribution in [0.25, 0.3) is 0 Å². The molecule has 7 nitrogen and oxygen atoms in total. The number of hydrogen-bond acceptors (Lipinski definition) is 6. The molecule has 0 radical (unpaired) electrons. The minimum Gasteiger partial charge on any atom is -0.399 e. The summed E-state index contributed by atoms with van der Waals surface area (Å²) >= 11 is 1.26. The molecule has 8 heteroatoms. The number of aromatic nitrogens is 2. The van der Waals surface area contributed by atoms with E-state index in [2.05, 4.69) is 15.3 Å². The maximum Gasteiger partial charge on any atom is 0.253 e. The summed E-state index contributed by atoms with van der Waals surface area (Å²) in [5.74, 6) is 0.491. The van der Waals surface area contributed by atoms with Crippen LogP contribution in [0.3, 0.4) is 0 Å². The minimum absolute atomic E-state index is 0.139. The number of amides is 1. The summed E-state index contributed by atoms with van der Waals surface area (Å²) in [5.41, 5.74) is 12.0. The number of carbonyl (C=O) groups is 1. The first-order valence-corrected chi connectivity index (χ1v) is 7.16. The van der Waals surface area contributed by atoms with Crippen molar-refractivity contribution < 1.29 is 4.79 Å². The van der Waals surface area contributed by atoms with E-state index in [0.717, 1.165) is 0 Å². The first kappa shape index (κ1) is 14.9. The van der Waals surface area contributed by atoms with E-state index in [1.54, 1.807) is 24.3 Å². The zero-order chi connectivity index (χ0) is 15.2. The molecule has 0 aliphatic rings. The van der Waals surface area contributed by atoms with Gasteiger partial charge in [0.25, 0.3) is 5.56 Å². The van der Waals surface area contributed by atoms with Gasteiger partial charge in [0, 0.05) is 29.6 Å². The molecule has 0 spiro atoms. The number of H-pyrrole nitrogens is 1. The molecule has 1 aromatic heterocycles. The second kappa shape index (κ2) is 6.80. The number of hydrogen-bond donors (Lipinski definition) is 4. The number of carbonyl (C=O) groups excluding carboxylic acids is 1. The number of thioether (sulfide) groups is 1. The molecule has 0 fully saturated rings. The van der Waals surface area contributed by atoms with Crippen molar-refractivity contribution in [2.24, 2.45) is 0 Å². The smallest absolute Gasteiger partial charge is 0.253 e. The van der Waals surface area contributed by atoms with Gasteiger partial charge in [-0.25, -0.2) is 4.98 Å². The molecular formula is C13H15N5O2S. The average Bonchev–Trinajstić information content (AvgIpc) is 2.37. The summed E-state index contributed by atoms with van der Waals surface area (Å²) in [6.07, 6.45) is 0.276. The van der Waals surface area contributed by atoms with Crippen molar-refractivity contribution in [3.63, 3.8) is 0 Å². The molecule has 0 saturated carbocycles. The Hall–Kier alpha value is -2.48. The first-order chi connectivity index (χ1) is 10.0. The lowest BCUT2D eigenvalue weighted by Gasteiger charge is -2.05. The number of nitrogens with two attached hydrogens (primary N) is 2. The molecule has 0 bridgehead atoms. The van der Waals surface area contributed by atoms with Crippen LogP contribution in [-0.2, 0) is 4.79 Å². The fourth-order valence-corrected chi connectivity index (χ4v) is 2.43. The Morgan fingerprint density at radius 3 is 2.86 bits per heavy atom. The van der Waals surface area contributed by atoms with Gasteiger partial charge in [0.2, 0.25) is 5.91 Å². The maximum atomic E-state index is 11.8. The van der Waals surface area contributed by atoms with Crippen LogP contribution < -0.4 is 22.3 Å². The topological polar surface area (TPSA) is 127 Å². The Morgan fingerprint density at radius 2 is 2.14 bits per heavy atom. The van der Waals surface area contributed by atoms with E-state index in [1.165, 1.54) is 17.8 Å². The third-order valence-corrected chi connectivity index (χ3v) is 3.35. The SMILES string of the molecule is Nc1cccc(NC(=O)CCSc2nc(N)cc(=O)[nH]2)c1. The zero-order valence-electron chi connectivity index (χ0n) is 11.1. The van der Waals surface area contributed by atoms with Crippen molar-refractivity contribution >= 4 is 34.9 Å². The molecule has 1 aromatic carbocycles. The fraction of sp³-hybridized carbons (Fsp3) is 0.154. The highest BCUT2D eigenvalue weighted by Crippen LogP contribution is 2.15. The van der Waals surface area contributed by atoms with Crippen molar-refractivity contribution in [2.75, 3.05) is 22.5 Å². The summed E-state index contributed by atoms with van der Waals surface area (Å²) < 4.78 is 0. The molecule has 0 atom stereocenters. The fourth-order valence-electron chi connectivity index (χ4n) is 1.60. The summed E-state index contributed by atoms with van der Waals surface area (Å²) in [7, 11) is 0. The molecule has 0 aliphatic heterocycles. The molecule has 0 saturated heterocycles. The maximum absolute atomic E-state index is 11.8. The Balaban J connectivity index is 1.83.